The highest BCUT2D eigenvalue weighted by atomic mass is 35.5. The van der Waals surface area contributed by atoms with E-state index in [1.54, 1.807) is 5.57 Å². The van der Waals surface area contributed by atoms with Gasteiger partial charge >= 0.3 is 0 Å². The molecule has 3 aliphatic rings. The van der Waals surface area contributed by atoms with Crippen molar-refractivity contribution in [2.24, 2.45) is 11.8 Å². The first-order chi connectivity index (χ1) is 13.2. The average Bonchev–Trinajstić information content (AvgIpc) is 3.55. The topological polar surface area (TPSA) is 19.0 Å². The predicted molar refractivity (Wildman–Crippen MR) is 119 cm³/mol. The van der Waals surface area contributed by atoms with Crippen molar-refractivity contribution in [3.8, 4) is 0 Å². The minimum absolute atomic E-state index is 0.280. The van der Waals surface area contributed by atoms with Crippen molar-refractivity contribution in [3.05, 3.63) is 11.6 Å². The molecule has 7 atom stereocenters. The van der Waals surface area contributed by atoms with E-state index in [1.807, 2.05) is 7.11 Å². The van der Waals surface area contributed by atoms with Crippen molar-refractivity contribution >= 4 is 11.6 Å². The van der Waals surface area contributed by atoms with E-state index in [9.17, 15) is 0 Å². The lowest BCUT2D eigenvalue weighted by molar-refractivity contribution is -0.167. The van der Waals surface area contributed by atoms with Gasteiger partial charge in [0.15, 0.2) is 0 Å². The summed E-state index contributed by atoms with van der Waals surface area (Å²) in [5.41, 5.74) is 1.63. The van der Waals surface area contributed by atoms with E-state index in [4.69, 9.17) is 16.4 Å². The molecule has 5 heteroatoms. The van der Waals surface area contributed by atoms with Crippen LogP contribution in [0.4, 0.5) is 0 Å². The van der Waals surface area contributed by atoms with Crippen molar-refractivity contribution in [2.45, 2.75) is 102 Å². The first kappa shape index (κ1) is 22.6. The fraction of sp³-hybridized carbons (Fsp3) is 0.913. The number of rotatable bonds is 11. The summed E-state index contributed by atoms with van der Waals surface area (Å²) in [7, 11) is 6.36. The third-order valence-corrected chi connectivity index (χ3v) is 8.17. The monoisotopic (exact) mass is 411 g/mol. The first-order valence-corrected chi connectivity index (χ1v) is 11.7. The number of hydrogen-bond donors (Lipinski definition) is 0. The molecule has 0 aromatic heterocycles. The largest absolute Gasteiger partial charge is 0.302 e. The molecule has 0 bridgehead atoms. The number of likely N-dealkylation sites (N-methyl/N-ethyl adjacent to an activating group) is 1. The third-order valence-electron chi connectivity index (χ3n) is 7.59. The molecule has 0 aromatic rings. The maximum Gasteiger partial charge on any atom is 0.0575 e. The Morgan fingerprint density at radius 1 is 1.07 bits per heavy atom. The van der Waals surface area contributed by atoms with E-state index in [-0.39, 0.29) is 5.38 Å². The zero-order chi connectivity index (χ0) is 20.7. The molecule has 7 unspecified atom stereocenters. The zero-order valence-electron chi connectivity index (χ0n) is 19.2. The van der Waals surface area contributed by atoms with Gasteiger partial charge in [0, 0.05) is 42.2 Å². The van der Waals surface area contributed by atoms with Gasteiger partial charge in [-0.15, -0.1) is 11.6 Å². The Labute approximate surface area is 178 Å². The highest BCUT2D eigenvalue weighted by Crippen LogP contribution is 2.49. The number of allylic oxidation sites excluding steroid dienone is 1. The molecule has 0 aliphatic heterocycles. The number of alkyl halides is 1. The van der Waals surface area contributed by atoms with Crippen LogP contribution in [0.3, 0.4) is 0 Å². The van der Waals surface area contributed by atoms with E-state index < -0.39 is 0 Å². The SMILES string of the molecule is C/C=C1\C(CC(C)N(C)C2C(Cl)C2CC(C)N(OC)C2CC2)C1N(C)C(C)C. The highest BCUT2D eigenvalue weighted by molar-refractivity contribution is 6.23. The predicted octanol–water partition coefficient (Wildman–Crippen LogP) is 4.39. The molecule has 3 fully saturated rings. The second kappa shape index (κ2) is 8.93. The fourth-order valence-electron chi connectivity index (χ4n) is 5.27. The summed E-state index contributed by atoms with van der Waals surface area (Å²) >= 11 is 6.75. The van der Waals surface area contributed by atoms with E-state index in [1.165, 1.54) is 19.3 Å². The Morgan fingerprint density at radius 3 is 2.21 bits per heavy atom. The zero-order valence-corrected chi connectivity index (χ0v) is 20.0. The smallest absolute Gasteiger partial charge is 0.0575 e. The van der Waals surface area contributed by atoms with Gasteiger partial charge in [0.1, 0.15) is 0 Å². The average molecular weight is 412 g/mol. The Hall–Kier alpha value is -0.130. The summed E-state index contributed by atoms with van der Waals surface area (Å²) in [6.07, 6.45) is 7.24. The Balaban J connectivity index is 1.50. The Morgan fingerprint density at radius 2 is 1.71 bits per heavy atom. The summed E-state index contributed by atoms with van der Waals surface area (Å²) in [5, 5.41) is 2.49. The summed E-state index contributed by atoms with van der Waals surface area (Å²) in [5.74, 6) is 1.29. The van der Waals surface area contributed by atoms with Crippen molar-refractivity contribution in [3.63, 3.8) is 0 Å². The molecule has 162 valence electrons. The molecular weight excluding hydrogens is 370 g/mol. The lowest BCUT2D eigenvalue weighted by Gasteiger charge is -2.28. The van der Waals surface area contributed by atoms with Crippen molar-refractivity contribution in [1.29, 1.82) is 0 Å². The number of nitrogens with zero attached hydrogens (tertiary/aromatic N) is 3. The van der Waals surface area contributed by atoms with Gasteiger partial charge in [-0.1, -0.05) is 11.6 Å². The fourth-order valence-corrected chi connectivity index (χ4v) is 5.80. The van der Waals surface area contributed by atoms with Crippen LogP contribution < -0.4 is 0 Å². The quantitative estimate of drug-likeness (QED) is 0.285. The Kier molecular flexibility index (Phi) is 7.19. The number of halogens is 1. The maximum atomic E-state index is 6.75. The van der Waals surface area contributed by atoms with Crippen molar-refractivity contribution in [1.82, 2.24) is 14.9 Å². The second-order valence-corrected chi connectivity index (χ2v) is 10.3. The summed E-state index contributed by atoms with van der Waals surface area (Å²) in [6.45, 7) is 11.4. The second-order valence-electron chi connectivity index (χ2n) is 9.81. The van der Waals surface area contributed by atoms with E-state index in [0.717, 1.165) is 6.42 Å². The van der Waals surface area contributed by atoms with Crippen molar-refractivity contribution < 1.29 is 4.84 Å². The summed E-state index contributed by atoms with van der Waals surface area (Å²) in [4.78, 5) is 10.7. The van der Waals surface area contributed by atoms with Crippen LogP contribution in [0.1, 0.15) is 60.3 Å². The number of hydroxylamine groups is 2. The first-order valence-electron chi connectivity index (χ1n) is 11.3. The minimum Gasteiger partial charge on any atom is -0.302 e. The van der Waals surface area contributed by atoms with Crippen LogP contribution >= 0.6 is 11.6 Å². The molecule has 0 saturated heterocycles. The van der Waals surface area contributed by atoms with E-state index >= 15 is 0 Å². The lowest BCUT2D eigenvalue weighted by atomic mass is 10.1. The van der Waals surface area contributed by atoms with Crippen molar-refractivity contribution in [2.75, 3.05) is 21.2 Å². The number of hydrogen-bond acceptors (Lipinski definition) is 4. The molecule has 3 aliphatic carbocycles. The van der Waals surface area contributed by atoms with Gasteiger partial charge in [0.05, 0.1) is 12.5 Å². The maximum absolute atomic E-state index is 6.75. The van der Waals surface area contributed by atoms with Crippen LogP contribution in [-0.2, 0) is 4.84 Å². The van der Waals surface area contributed by atoms with Gasteiger partial charge in [-0.2, -0.15) is 5.06 Å². The molecule has 28 heavy (non-hydrogen) atoms. The minimum atomic E-state index is 0.280. The molecule has 3 rings (SSSR count). The molecule has 3 saturated carbocycles. The molecule has 0 spiro atoms. The van der Waals surface area contributed by atoms with E-state index in [2.05, 4.69) is 69.7 Å². The molecule has 0 aromatic carbocycles. The summed E-state index contributed by atoms with van der Waals surface area (Å²) < 4.78 is 0. The van der Waals surface area contributed by atoms with Gasteiger partial charge in [-0.25, -0.2) is 0 Å². The summed E-state index contributed by atoms with van der Waals surface area (Å²) in [6, 6.07) is 3.36. The highest BCUT2D eigenvalue weighted by Gasteiger charge is 2.54. The van der Waals surface area contributed by atoms with Gasteiger partial charge in [-0.05, 0) is 80.3 Å². The molecular formula is C23H42ClN3O. The van der Waals surface area contributed by atoms with Gasteiger partial charge in [-0.3, -0.25) is 9.80 Å². The lowest BCUT2D eigenvalue weighted by Crippen LogP contribution is -2.37. The van der Waals surface area contributed by atoms with Crippen LogP contribution in [-0.4, -0.2) is 77.7 Å². The molecule has 0 N–H and O–H groups in total. The van der Waals surface area contributed by atoms with Crippen LogP contribution in [0.2, 0.25) is 0 Å². The standard InChI is InChI=1S/C23H42ClN3O/c1-9-18-19(22(18)25(6)14(2)3)12-15(4)26(7)23-20(21(23)24)13-16(5)27(28-8)17-10-11-17/h9,14-17,19-23H,10-13H2,1-8H3/b18-9+. The molecule has 4 nitrogen and oxygen atoms in total. The molecule has 0 amide bonds. The van der Waals surface area contributed by atoms with Crippen LogP contribution in [0.5, 0.6) is 0 Å². The molecule has 0 radical (unpaired) electrons. The van der Waals surface area contributed by atoms with Gasteiger partial charge in [0.2, 0.25) is 0 Å². The third kappa shape index (κ3) is 4.62. The van der Waals surface area contributed by atoms with Gasteiger partial charge < -0.3 is 4.84 Å². The van der Waals surface area contributed by atoms with Crippen LogP contribution in [0, 0.1) is 11.8 Å². The van der Waals surface area contributed by atoms with Gasteiger partial charge in [0.25, 0.3) is 0 Å². The van der Waals surface area contributed by atoms with Crippen LogP contribution in [0.15, 0.2) is 11.6 Å². The van der Waals surface area contributed by atoms with Crippen LogP contribution in [0.25, 0.3) is 0 Å². The Bertz CT molecular complexity index is 564. The normalized spacial score (nSPS) is 36.0. The molecule has 0 heterocycles. The van der Waals surface area contributed by atoms with E-state index in [0.29, 0.717) is 48.1 Å².